The first-order chi connectivity index (χ1) is 15.2. The molecule has 0 radical (unpaired) electrons. The molecule has 31 heavy (non-hydrogen) atoms. The van der Waals surface area contributed by atoms with Crippen molar-refractivity contribution in [1.82, 2.24) is 19.4 Å². The number of imidazole rings is 1. The molecular formula is C26H36N4O. The Morgan fingerprint density at radius 1 is 0.968 bits per heavy atom. The Hall–Kier alpha value is -2.69. The molecule has 2 heterocycles. The van der Waals surface area contributed by atoms with Crippen molar-refractivity contribution in [2.75, 3.05) is 6.54 Å². The van der Waals surface area contributed by atoms with E-state index in [0.717, 1.165) is 61.3 Å². The van der Waals surface area contributed by atoms with Crippen LogP contribution in [0.25, 0.3) is 11.2 Å². The molecule has 5 heteroatoms. The molecule has 0 saturated heterocycles. The van der Waals surface area contributed by atoms with E-state index in [1.165, 1.54) is 24.8 Å². The van der Waals surface area contributed by atoms with Gasteiger partial charge in [-0.25, -0.2) is 9.97 Å². The number of rotatable bonds is 12. The van der Waals surface area contributed by atoms with Crippen LogP contribution in [0.5, 0.6) is 0 Å². The monoisotopic (exact) mass is 420 g/mol. The van der Waals surface area contributed by atoms with E-state index < -0.39 is 0 Å². The van der Waals surface area contributed by atoms with Crippen LogP contribution in [0.2, 0.25) is 0 Å². The summed E-state index contributed by atoms with van der Waals surface area (Å²) < 4.78 is 2.17. The number of carbonyl (C=O) groups is 1. The number of aryl methyl sites for hydroxylation is 2. The highest BCUT2D eigenvalue weighted by molar-refractivity contribution is 5.94. The molecule has 0 fully saturated rings. The summed E-state index contributed by atoms with van der Waals surface area (Å²) in [6.07, 6.45) is 9.59. The highest BCUT2D eigenvalue weighted by atomic mass is 16.2. The highest BCUT2D eigenvalue weighted by Gasteiger charge is 2.20. The molecule has 0 aliphatic heterocycles. The molecule has 0 unspecified atom stereocenters. The van der Waals surface area contributed by atoms with Gasteiger partial charge in [-0.3, -0.25) is 4.79 Å². The molecule has 3 aromatic rings. The second-order valence-corrected chi connectivity index (χ2v) is 8.26. The Kier molecular flexibility index (Phi) is 8.63. The second kappa shape index (κ2) is 11.6. The van der Waals surface area contributed by atoms with Crippen molar-refractivity contribution in [3.63, 3.8) is 0 Å². The predicted octanol–water partition coefficient (Wildman–Crippen LogP) is 6.02. The molecule has 0 N–H and O–H groups in total. The Balaban J connectivity index is 1.81. The zero-order chi connectivity index (χ0) is 22.1. The zero-order valence-electron chi connectivity index (χ0n) is 19.3. The maximum Gasteiger partial charge on any atom is 0.254 e. The lowest BCUT2D eigenvalue weighted by atomic mass is 10.0. The van der Waals surface area contributed by atoms with Crippen LogP contribution in [0, 0.1) is 0 Å². The van der Waals surface area contributed by atoms with E-state index in [0.29, 0.717) is 6.54 Å². The minimum atomic E-state index is 0.0802. The SMILES string of the molecule is CCCCCc1ccc(C(=O)N(CCCC)Cc2nc3cccnc3n2CCC)cc1. The van der Waals surface area contributed by atoms with Gasteiger partial charge in [0.2, 0.25) is 0 Å². The topological polar surface area (TPSA) is 51.0 Å². The van der Waals surface area contributed by atoms with Crippen LogP contribution in [0.4, 0.5) is 0 Å². The molecular weight excluding hydrogens is 384 g/mol. The third-order valence-electron chi connectivity index (χ3n) is 5.70. The van der Waals surface area contributed by atoms with Crippen molar-refractivity contribution in [2.24, 2.45) is 0 Å². The molecule has 1 amide bonds. The summed E-state index contributed by atoms with van der Waals surface area (Å²) in [5.74, 6) is 0.993. The zero-order valence-corrected chi connectivity index (χ0v) is 19.3. The van der Waals surface area contributed by atoms with Gasteiger partial charge < -0.3 is 9.47 Å². The first kappa shape index (κ1) is 23.0. The van der Waals surface area contributed by atoms with E-state index >= 15 is 0 Å². The Morgan fingerprint density at radius 3 is 2.45 bits per heavy atom. The largest absolute Gasteiger partial charge is 0.331 e. The molecule has 3 rings (SSSR count). The minimum absolute atomic E-state index is 0.0802. The van der Waals surface area contributed by atoms with Crippen molar-refractivity contribution < 1.29 is 4.79 Å². The van der Waals surface area contributed by atoms with Crippen LogP contribution in [-0.2, 0) is 19.5 Å². The van der Waals surface area contributed by atoms with Gasteiger partial charge in [0, 0.05) is 24.8 Å². The van der Waals surface area contributed by atoms with Gasteiger partial charge in [-0.2, -0.15) is 0 Å². The molecule has 166 valence electrons. The standard InChI is InChI=1S/C26H36N4O/c1-4-7-9-11-21-13-15-22(16-14-21)26(31)29(19-8-5-2)20-24-28-23-12-10-17-27-25(23)30(24)18-6-3/h10,12-17H,4-9,11,18-20H2,1-3H3. The van der Waals surface area contributed by atoms with Crippen LogP contribution in [-0.4, -0.2) is 31.9 Å². The molecule has 0 saturated carbocycles. The molecule has 1 aromatic carbocycles. The van der Waals surface area contributed by atoms with E-state index in [9.17, 15) is 4.79 Å². The molecule has 0 atom stereocenters. The van der Waals surface area contributed by atoms with Gasteiger partial charge in [0.15, 0.2) is 5.65 Å². The number of benzene rings is 1. The maximum absolute atomic E-state index is 13.4. The third kappa shape index (κ3) is 5.93. The smallest absolute Gasteiger partial charge is 0.254 e. The molecule has 0 aliphatic carbocycles. The fourth-order valence-electron chi connectivity index (χ4n) is 3.93. The quantitative estimate of drug-likeness (QED) is 0.337. The van der Waals surface area contributed by atoms with Crippen molar-refractivity contribution in [3.05, 3.63) is 59.5 Å². The summed E-state index contributed by atoms with van der Waals surface area (Å²) >= 11 is 0. The first-order valence-electron chi connectivity index (χ1n) is 11.9. The van der Waals surface area contributed by atoms with E-state index in [-0.39, 0.29) is 5.91 Å². The minimum Gasteiger partial charge on any atom is -0.331 e. The summed E-state index contributed by atoms with van der Waals surface area (Å²) in [6.45, 7) is 8.62. The molecule has 5 nitrogen and oxygen atoms in total. The van der Waals surface area contributed by atoms with Crippen molar-refractivity contribution in [3.8, 4) is 0 Å². The summed E-state index contributed by atoms with van der Waals surface area (Å²) in [7, 11) is 0. The van der Waals surface area contributed by atoms with Gasteiger partial charge in [0.25, 0.3) is 5.91 Å². The summed E-state index contributed by atoms with van der Waals surface area (Å²) in [6, 6.07) is 12.1. The van der Waals surface area contributed by atoms with Crippen LogP contribution < -0.4 is 0 Å². The van der Waals surface area contributed by atoms with E-state index in [4.69, 9.17) is 4.98 Å². The number of unbranched alkanes of at least 4 members (excludes halogenated alkanes) is 3. The molecule has 0 aliphatic rings. The fourth-order valence-corrected chi connectivity index (χ4v) is 3.93. The number of fused-ring (bicyclic) bond motifs is 1. The van der Waals surface area contributed by atoms with Crippen LogP contribution in [0.15, 0.2) is 42.6 Å². The second-order valence-electron chi connectivity index (χ2n) is 8.26. The first-order valence-corrected chi connectivity index (χ1v) is 11.9. The van der Waals surface area contributed by atoms with Gasteiger partial charge in [-0.1, -0.05) is 52.2 Å². The number of hydrogen-bond donors (Lipinski definition) is 0. The highest BCUT2D eigenvalue weighted by Crippen LogP contribution is 2.18. The predicted molar refractivity (Wildman–Crippen MR) is 127 cm³/mol. The van der Waals surface area contributed by atoms with E-state index in [1.54, 1.807) is 0 Å². The molecule has 2 aromatic heterocycles. The third-order valence-corrected chi connectivity index (χ3v) is 5.70. The number of pyridine rings is 1. The van der Waals surface area contributed by atoms with Gasteiger partial charge in [-0.15, -0.1) is 0 Å². The number of aromatic nitrogens is 3. The number of hydrogen-bond acceptors (Lipinski definition) is 3. The van der Waals surface area contributed by atoms with Gasteiger partial charge in [0.05, 0.1) is 6.54 Å². The lowest BCUT2D eigenvalue weighted by Gasteiger charge is -2.23. The summed E-state index contributed by atoms with van der Waals surface area (Å²) in [4.78, 5) is 24.7. The fraction of sp³-hybridized carbons (Fsp3) is 0.500. The number of amides is 1. The number of nitrogens with zero attached hydrogens (tertiary/aromatic N) is 4. The van der Waals surface area contributed by atoms with Gasteiger partial charge in [-0.05, 0) is 55.5 Å². The number of carbonyl (C=O) groups excluding carboxylic acids is 1. The molecule has 0 spiro atoms. The summed E-state index contributed by atoms with van der Waals surface area (Å²) in [5, 5.41) is 0. The van der Waals surface area contributed by atoms with Crippen LogP contribution in [0.1, 0.15) is 81.0 Å². The normalized spacial score (nSPS) is 11.2. The van der Waals surface area contributed by atoms with E-state index in [2.05, 4.69) is 42.5 Å². The maximum atomic E-state index is 13.4. The van der Waals surface area contributed by atoms with Gasteiger partial charge in [0.1, 0.15) is 11.3 Å². The average molecular weight is 421 g/mol. The lowest BCUT2D eigenvalue weighted by molar-refractivity contribution is 0.0734. The average Bonchev–Trinajstić information content (AvgIpc) is 3.14. The van der Waals surface area contributed by atoms with E-state index in [1.807, 2.05) is 35.4 Å². The Labute approximate surface area is 186 Å². The summed E-state index contributed by atoms with van der Waals surface area (Å²) in [5.41, 5.74) is 3.86. The van der Waals surface area contributed by atoms with Crippen LogP contribution >= 0.6 is 0 Å². The lowest BCUT2D eigenvalue weighted by Crippen LogP contribution is -2.32. The van der Waals surface area contributed by atoms with Crippen LogP contribution in [0.3, 0.4) is 0 Å². The van der Waals surface area contributed by atoms with Crippen molar-refractivity contribution in [1.29, 1.82) is 0 Å². The molecule has 0 bridgehead atoms. The van der Waals surface area contributed by atoms with Crippen molar-refractivity contribution in [2.45, 2.75) is 78.8 Å². The Bertz CT molecular complexity index is 961. The van der Waals surface area contributed by atoms with Gasteiger partial charge >= 0.3 is 0 Å². The van der Waals surface area contributed by atoms with Crippen molar-refractivity contribution >= 4 is 17.1 Å². The Morgan fingerprint density at radius 2 is 1.74 bits per heavy atom.